The molecule has 0 aliphatic carbocycles. The second-order valence-electron chi connectivity index (χ2n) is 5.44. The maximum absolute atomic E-state index is 12.8. The zero-order valence-electron chi connectivity index (χ0n) is 12.7. The average molecular weight is 354 g/mol. The smallest absolute Gasteiger partial charge is 0.267 e. The Bertz CT molecular complexity index is 1150. The highest BCUT2D eigenvalue weighted by molar-refractivity contribution is 7.15. The minimum atomic E-state index is -0.129. The lowest BCUT2D eigenvalue weighted by Crippen LogP contribution is -2.23. The van der Waals surface area contributed by atoms with Crippen LogP contribution in [0.1, 0.15) is 11.1 Å². The van der Waals surface area contributed by atoms with Gasteiger partial charge in [0.25, 0.3) is 5.56 Å². The molecule has 2 aromatic carbocycles. The molecule has 0 N–H and O–H groups in total. The van der Waals surface area contributed by atoms with Crippen LogP contribution in [0.25, 0.3) is 22.4 Å². The maximum Gasteiger partial charge on any atom is 0.276 e. The van der Waals surface area contributed by atoms with E-state index in [4.69, 9.17) is 11.6 Å². The van der Waals surface area contributed by atoms with Gasteiger partial charge >= 0.3 is 0 Å². The largest absolute Gasteiger partial charge is 0.276 e. The molecule has 0 atom stereocenters. The summed E-state index contributed by atoms with van der Waals surface area (Å²) in [7, 11) is 0. The van der Waals surface area contributed by atoms with Gasteiger partial charge in [-0.15, -0.1) is 10.2 Å². The normalized spacial score (nSPS) is 12.2. The summed E-state index contributed by atoms with van der Waals surface area (Å²) in [6.07, 6.45) is 1.79. The van der Waals surface area contributed by atoms with Crippen LogP contribution in [0, 0.1) is 6.92 Å². The summed E-state index contributed by atoms with van der Waals surface area (Å²) in [5, 5.41) is 8.92. The number of aryl methyl sites for hydroxylation is 1. The van der Waals surface area contributed by atoms with Crippen LogP contribution < -0.4 is 10.1 Å². The average Bonchev–Trinajstić information content (AvgIpc) is 3.12. The lowest BCUT2D eigenvalue weighted by atomic mass is 10.1. The zero-order valence-corrected chi connectivity index (χ0v) is 14.3. The van der Waals surface area contributed by atoms with Gasteiger partial charge in [-0.25, -0.2) is 4.40 Å². The monoisotopic (exact) mass is 353 g/mol. The molecule has 0 spiro atoms. The molecule has 118 valence electrons. The molecule has 0 aliphatic rings. The maximum atomic E-state index is 12.8. The van der Waals surface area contributed by atoms with Crippen molar-refractivity contribution in [2.24, 2.45) is 0 Å². The topological polar surface area (TPSA) is 47.3 Å². The van der Waals surface area contributed by atoms with Gasteiger partial charge in [0.2, 0.25) is 4.96 Å². The third-order valence-corrected chi connectivity index (χ3v) is 5.05. The Morgan fingerprint density at radius 1 is 1.08 bits per heavy atom. The van der Waals surface area contributed by atoms with Crippen molar-refractivity contribution in [2.75, 3.05) is 0 Å². The fourth-order valence-electron chi connectivity index (χ4n) is 2.49. The highest BCUT2D eigenvalue weighted by Gasteiger charge is 2.14. The van der Waals surface area contributed by atoms with Crippen LogP contribution in [0.15, 0.2) is 53.3 Å². The predicted molar refractivity (Wildman–Crippen MR) is 97.5 cm³/mol. The molecule has 0 aliphatic heterocycles. The van der Waals surface area contributed by atoms with Crippen molar-refractivity contribution in [2.45, 2.75) is 6.92 Å². The third-order valence-electron chi connectivity index (χ3n) is 3.75. The van der Waals surface area contributed by atoms with Gasteiger partial charge in [0, 0.05) is 10.6 Å². The van der Waals surface area contributed by atoms with Crippen LogP contribution in [-0.2, 0) is 0 Å². The molecule has 0 saturated heterocycles. The summed E-state index contributed by atoms with van der Waals surface area (Å²) >= 11 is 7.49. The number of nitrogens with zero attached hydrogens (tertiary/aromatic N) is 3. The Kier molecular flexibility index (Phi) is 3.67. The molecule has 0 bridgehead atoms. The second-order valence-corrected chi connectivity index (χ2v) is 6.86. The molecule has 4 rings (SSSR count). The van der Waals surface area contributed by atoms with Gasteiger partial charge in [-0.1, -0.05) is 71.0 Å². The molecule has 24 heavy (non-hydrogen) atoms. The zero-order chi connectivity index (χ0) is 16.7. The quantitative estimate of drug-likeness (QED) is 0.555. The highest BCUT2D eigenvalue weighted by Crippen LogP contribution is 2.19. The standard InChI is InChI=1S/C18H12ClN3OS/c1-11-6-8-12(9-7-11)16-20-21-18-22(16)17(23)15(24-18)10-13-4-2-3-5-14(13)19/h2-10H,1H3. The summed E-state index contributed by atoms with van der Waals surface area (Å²) in [6.45, 7) is 2.02. The molecule has 0 radical (unpaired) electrons. The van der Waals surface area contributed by atoms with E-state index in [-0.39, 0.29) is 5.56 Å². The number of hydrogen-bond acceptors (Lipinski definition) is 4. The van der Waals surface area contributed by atoms with Gasteiger partial charge in [0.15, 0.2) is 5.82 Å². The summed E-state index contributed by atoms with van der Waals surface area (Å²) < 4.78 is 2.14. The van der Waals surface area contributed by atoms with Gasteiger partial charge < -0.3 is 0 Å². The van der Waals surface area contributed by atoms with E-state index in [0.717, 1.165) is 16.7 Å². The lowest BCUT2D eigenvalue weighted by molar-refractivity contribution is 1.09. The molecule has 4 nitrogen and oxygen atoms in total. The van der Waals surface area contributed by atoms with Crippen molar-refractivity contribution in [3.05, 3.63) is 79.6 Å². The molecule has 2 heterocycles. The van der Waals surface area contributed by atoms with E-state index in [0.29, 0.717) is 20.3 Å². The van der Waals surface area contributed by atoms with Crippen LogP contribution in [0.5, 0.6) is 0 Å². The first kappa shape index (κ1) is 15.1. The molecular formula is C18H12ClN3OS. The molecule has 6 heteroatoms. The molecule has 0 saturated carbocycles. The first-order chi connectivity index (χ1) is 11.6. The second kappa shape index (κ2) is 5.85. The van der Waals surface area contributed by atoms with Crippen molar-refractivity contribution < 1.29 is 0 Å². The first-order valence-electron chi connectivity index (χ1n) is 7.35. The lowest BCUT2D eigenvalue weighted by Gasteiger charge is -1.97. The summed E-state index contributed by atoms with van der Waals surface area (Å²) in [4.78, 5) is 13.4. The Hall–Kier alpha value is -2.50. The molecule has 0 fully saturated rings. The summed E-state index contributed by atoms with van der Waals surface area (Å²) in [6, 6.07) is 15.3. The number of aromatic nitrogens is 3. The van der Waals surface area contributed by atoms with Crippen molar-refractivity contribution in [3.63, 3.8) is 0 Å². The van der Waals surface area contributed by atoms with Gasteiger partial charge in [-0.05, 0) is 24.6 Å². The highest BCUT2D eigenvalue weighted by atomic mass is 35.5. The van der Waals surface area contributed by atoms with Crippen LogP contribution in [0.3, 0.4) is 0 Å². The van der Waals surface area contributed by atoms with Crippen LogP contribution in [0.4, 0.5) is 0 Å². The van der Waals surface area contributed by atoms with E-state index in [1.165, 1.54) is 11.3 Å². The Balaban J connectivity index is 1.93. The Morgan fingerprint density at radius 3 is 2.58 bits per heavy atom. The number of thiazole rings is 1. The fraction of sp³-hybridized carbons (Fsp3) is 0.0556. The van der Waals surface area contributed by atoms with Gasteiger partial charge in [0.1, 0.15) is 0 Å². The van der Waals surface area contributed by atoms with Crippen LogP contribution in [-0.4, -0.2) is 14.6 Å². The third kappa shape index (κ3) is 2.52. The number of benzene rings is 2. The van der Waals surface area contributed by atoms with Crippen molar-refractivity contribution in [3.8, 4) is 11.4 Å². The number of hydrogen-bond donors (Lipinski definition) is 0. The number of halogens is 1. The van der Waals surface area contributed by atoms with Crippen molar-refractivity contribution >= 4 is 34.0 Å². The number of fused-ring (bicyclic) bond motifs is 1. The molecule has 0 amide bonds. The van der Waals surface area contributed by atoms with E-state index in [9.17, 15) is 4.79 Å². The minimum Gasteiger partial charge on any atom is -0.267 e. The van der Waals surface area contributed by atoms with E-state index < -0.39 is 0 Å². The molecule has 4 aromatic rings. The predicted octanol–water partition coefficient (Wildman–Crippen LogP) is 3.33. The number of rotatable bonds is 2. The Morgan fingerprint density at radius 2 is 1.83 bits per heavy atom. The van der Waals surface area contributed by atoms with E-state index in [1.807, 2.05) is 49.4 Å². The fourth-order valence-corrected chi connectivity index (χ4v) is 3.58. The van der Waals surface area contributed by atoms with Crippen LogP contribution >= 0.6 is 22.9 Å². The van der Waals surface area contributed by atoms with Crippen molar-refractivity contribution in [1.29, 1.82) is 0 Å². The van der Waals surface area contributed by atoms with Gasteiger partial charge in [0.05, 0.1) is 4.53 Å². The Labute approximate surface area is 146 Å². The first-order valence-corrected chi connectivity index (χ1v) is 8.54. The van der Waals surface area contributed by atoms with E-state index in [2.05, 4.69) is 10.2 Å². The molecule has 0 unspecified atom stereocenters. The van der Waals surface area contributed by atoms with Crippen LogP contribution in [0.2, 0.25) is 5.02 Å². The SMILES string of the molecule is Cc1ccc(-c2nnc3sc(=Cc4ccccc4Cl)c(=O)n23)cc1. The molecule has 2 aromatic heterocycles. The minimum absolute atomic E-state index is 0.129. The van der Waals surface area contributed by atoms with Crippen molar-refractivity contribution in [1.82, 2.24) is 14.6 Å². The molecular weight excluding hydrogens is 342 g/mol. The van der Waals surface area contributed by atoms with Gasteiger partial charge in [-0.2, -0.15) is 0 Å². The van der Waals surface area contributed by atoms with E-state index in [1.54, 1.807) is 16.5 Å². The summed E-state index contributed by atoms with van der Waals surface area (Å²) in [5.74, 6) is 0.560. The van der Waals surface area contributed by atoms with Gasteiger partial charge in [-0.3, -0.25) is 4.79 Å². The summed E-state index contributed by atoms with van der Waals surface area (Å²) in [5.41, 5.74) is 2.70. The van der Waals surface area contributed by atoms with E-state index >= 15 is 0 Å².